The molecule has 0 aromatic heterocycles. The summed E-state index contributed by atoms with van der Waals surface area (Å²) < 4.78 is 21.4. The highest BCUT2D eigenvalue weighted by molar-refractivity contribution is 9.10. The summed E-state index contributed by atoms with van der Waals surface area (Å²) in [4.78, 5) is 0. The Morgan fingerprint density at radius 3 is 2.69 bits per heavy atom. The van der Waals surface area contributed by atoms with Crippen LogP contribution in [0, 0.1) is 0 Å². The molecule has 16 heavy (non-hydrogen) atoms. The second kappa shape index (κ2) is 7.49. The lowest BCUT2D eigenvalue weighted by Gasteiger charge is -2.09. The van der Waals surface area contributed by atoms with Crippen LogP contribution in [-0.2, 0) is 9.47 Å². The summed E-state index contributed by atoms with van der Waals surface area (Å²) >= 11 is 3.38. The molecular weight excluding hydrogens is 276 g/mol. The van der Waals surface area contributed by atoms with Crippen LogP contribution in [0.15, 0.2) is 22.7 Å². The molecule has 0 N–H and O–H groups in total. The van der Waals surface area contributed by atoms with E-state index < -0.39 is 0 Å². The lowest BCUT2D eigenvalue weighted by molar-refractivity contribution is -0.00886. The average molecular weight is 291 g/mol. The molecule has 0 saturated carbocycles. The van der Waals surface area contributed by atoms with E-state index >= 15 is 0 Å². The Hall–Kier alpha value is -0.780. The minimum absolute atomic E-state index is 0.190. The summed E-state index contributed by atoms with van der Waals surface area (Å²) in [5, 5.41) is 0. The van der Waals surface area contributed by atoms with E-state index in [9.17, 15) is 0 Å². The largest absolute Gasteiger partial charge is 0.497 e. The fourth-order valence-electron chi connectivity index (χ4n) is 1.03. The van der Waals surface area contributed by atoms with Gasteiger partial charge >= 0.3 is 0 Å². The van der Waals surface area contributed by atoms with E-state index in [2.05, 4.69) is 15.9 Å². The fourth-order valence-corrected chi connectivity index (χ4v) is 1.39. The molecule has 0 unspecified atom stereocenters. The van der Waals surface area contributed by atoms with Gasteiger partial charge < -0.3 is 18.9 Å². The molecule has 0 saturated heterocycles. The molecule has 1 rings (SSSR count). The number of hydrogen-bond acceptors (Lipinski definition) is 4. The van der Waals surface area contributed by atoms with Crippen LogP contribution in [0.1, 0.15) is 0 Å². The van der Waals surface area contributed by atoms with Crippen molar-refractivity contribution in [3.05, 3.63) is 22.7 Å². The van der Waals surface area contributed by atoms with E-state index in [1.54, 1.807) is 20.3 Å². The highest BCUT2D eigenvalue weighted by atomic mass is 79.9. The Morgan fingerprint density at radius 1 is 1.19 bits per heavy atom. The third kappa shape index (κ3) is 4.38. The smallest absolute Gasteiger partial charge is 0.189 e. The van der Waals surface area contributed by atoms with Gasteiger partial charge in [0.2, 0.25) is 0 Å². The van der Waals surface area contributed by atoms with Crippen molar-refractivity contribution in [1.82, 2.24) is 0 Å². The fraction of sp³-hybridized carbons (Fsp3) is 0.455. The van der Waals surface area contributed by atoms with E-state index in [1.165, 1.54) is 0 Å². The second-order valence-corrected chi connectivity index (χ2v) is 3.81. The molecule has 1 aromatic carbocycles. The minimum Gasteiger partial charge on any atom is -0.497 e. The maximum Gasteiger partial charge on any atom is 0.189 e. The topological polar surface area (TPSA) is 36.9 Å². The van der Waals surface area contributed by atoms with E-state index in [1.807, 2.05) is 12.1 Å². The van der Waals surface area contributed by atoms with Crippen molar-refractivity contribution >= 4 is 15.9 Å². The molecule has 0 aliphatic rings. The van der Waals surface area contributed by atoms with Gasteiger partial charge in [-0.3, -0.25) is 0 Å². The van der Waals surface area contributed by atoms with Crippen LogP contribution in [0.5, 0.6) is 11.5 Å². The molecule has 0 aliphatic heterocycles. The quantitative estimate of drug-likeness (QED) is 0.571. The highest BCUT2D eigenvalue weighted by Crippen LogP contribution is 2.29. The van der Waals surface area contributed by atoms with E-state index in [0.717, 1.165) is 10.2 Å². The van der Waals surface area contributed by atoms with Gasteiger partial charge in [0.25, 0.3) is 0 Å². The molecule has 0 spiro atoms. The van der Waals surface area contributed by atoms with E-state index in [4.69, 9.17) is 18.9 Å². The van der Waals surface area contributed by atoms with Gasteiger partial charge in [0.1, 0.15) is 11.5 Å². The summed E-state index contributed by atoms with van der Waals surface area (Å²) in [5.41, 5.74) is 0. The monoisotopic (exact) mass is 290 g/mol. The standard InChI is InChI=1S/C11H15BrO4/c1-13-5-6-15-8-16-11-7-9(14-2)3-4-10(11)12/h3-4,7H,5-6,8H2,1-2H3. The van der Waals surface area contributed by atoms with Crippen molar-refractivity contribution in [3.63, 3.8) is 0 Å². The molecule has 0 bridgehead atoms. The maximum atomic E-state index is 5.42. The first-order valence-corrected chi connectivity index (χ1v) is 5.60. The molecule has 0 aliphatic carbocycles. The van der Waals surface area contributed by atoms with Crippen molar-refractivity contribution in [2.45, 2.75) is 0 Å². The van der Waals surface area contributed by atoms with Crippen molar-refractivity contribution in [1.29, 1.82) is 0 Å². The Morgan fingerprint density at radius 2 is 2.00 bits per heavy atom. The Kier molecular flexibility index (Phi) is 6.22. The van der Waals surface area contributed by atoms with Gasteiger partial charge in [-0.25, -0.2) is 0 Å². The average Bonchev–Trinajstić information content (AvgIpc) is 2.31. The predicted molar refractivity (Wildman–Crippen MR) is 64.0 cm³/mol. The normalized spacial score (nSPS) is 10.2. The second-order valence-electron chi connectivity index (χ2n) is 2.96. The van der Waals surface area contributed by atoms with Crippen LogP contribution in [-0.4, -0.2) is 34.2 Å². The van der Waals surface area contributed by atoms with E-state index in [-0.39, 0.29) is 6.79 Å². The van der Waals surface area contributed by atoms with Crippen LogP contribution >= 0.6 is 15.9 Å². The molecule has 1 aromatic rings. The number of benzene rings is 1. The first kappa shape index (κ1) is 13.3. The van der Waals surface area contributed by atoms with Crippen LogP contribution in [0.25, 0.3) is 0 Å². The first-order chi connectivity index (χ1) is 7.77. The Balaban J connectivity index is 2.40. The molecule has 0 heterocycles. The molecule has 0 radical (unpaired) electrons. The highest BCUT2D eigenvalue weighted by Gasteiger charge is 2.02. The summed E-state index contributed by atoms with van der Waals surface area (Å²) in [6.45, 7) is 1.26. The number of hydrogen-bond donors (Lipinski definition) is 0. The molecule has 5 heteroatoms. The zero-order valence-electron chi connectivity index (χ0n) is 9.36. The number of halogens is 1. The Bertz CT molecular complexity index is 317. The molecule has 4 nitrogen and oxygen atoms in total. The summed E-state index contributed by atoms with van der Waals surface area (Å²) in [6.07, 6.45) is 0. The molecule has 90 valence electrons. The lowest BCUT2D eigenvalue weighted by Crippen LogP contribution is -2.08. The first-order valence-electron chi connectivity index (χ1n) is 4.81. The van der Waals surface area contributed by atoms with Gasteiger partial charge in [0, 0.05) is 13.2 Å². The van der Waals surface area contributed by atoms with Gasteiger partial charge in [0.05, 0.1) is 24.8 Å². The third-order valence-electron chi connectivity index (χ3n) is 1.87. The summed E-state index contributed by atoms with van der Waals surface area (Å²) in [5.74, 6) is 1.44. The zero-order valence-corrected chi connectivity index (χ0v) is 11.0. The van der Waals surface area contributed by atoms with E-state index in [0.29, 0.717) is 19.0 Å². The van der Waals surface area contributed by atoms with Crippen LogP contribution in [0.3, 0.4) is 0 Å². The third-order valence-corrected chi connectivity index (χ3v) is 2.52. The number of rotatable bonds is 7. The van der Waals surface area contributed by atoms with Crippen molar-refractivity contribution in [3.8, 4) is 11.5 Å². The molecule has 0 fully saturated rings. The zero-order chi connectivity index (χ0) is 11.8. The van der Waals surface area contributed by atoms with Crippen LogP contribution < -0.4 is 9.47 Å². The molecule has 0 amide bonds. The Labute approximate surface area is 104 Å². The van der Waals surface area contributed by atoms with Gasteiger partial charge in [-0.05, 0) is 28.1 Å². The van der Waals surface area contributed by atoms with Gasteiger partial charge in [-0.15, -0.1) is 0 Å². The van der Waals surface area contributed by atoms with Crippen molar-refractivity contribution < 1.29 is 18.9 Å². The molecule has 0 atom stereocenters. The molecular formula is C11H15BrO4. The summed E-state index contributed by atoms with van der Waals surface area (Å²) in [6, 6.07) is 5.51. The van der Waals surface area contributed by atoms with Gasteiger partial charge in [-0.2, -0.15) is 0 Å². The van der Waals surface area contributed by atoms with Gasteiger partial charge in [-0.1, -0.05) is 0 Å². The van der Waals surface area contributed by atoms with Crippen LogP contribution in [0.4, 0.5) is 0 Å². The van der Waals surface area contributed by atoms with Gasteiger partial charge in [0.15, 0.2) is 6.79 Å². The number of methoxy groups -OCH3 is 2. The SMILES string of the molecule is COCCOCOc1cc(OC)ccc1Br. The minimum atomic E-state index is 0.190. The van der Waals surface area contributed by atoms with Crippen molar-refractivity contribution in [2.24, 2.45) is 0 Å². The predicted octanol–water partition coefficient (Wildman–Crippen LogP) is 2.46. The lowest BCUT2D eigenvalue weighted by atomic mass is 10.3. The number of ether oxygens (including phenoxy) is 4. The van der Waals surface area contributed by atoms with Crippen molar-refractivity contribution in [2.75, 3.05) is 34.2 Å². The van der Waals surface area contributed by atoms with Crippen LogP contribution in [0.2, 0.25) is 0 Å². The summed E-state index contributed by atoms with van der Waals surface area (Å²) in [7, 11) is 3.24. The maximum absolute atomic E-state index is 5.42.